The maximum atomic E-state index is 6.42. The van der Waals surface area contributed by atoms with Crippen LogP contribution in [0.25, 0.3) is 0 Å². The van der Waals surface area contributed by atoms with Gasteiger partial charge >= 0.3 is 0 Å². The number of ether oxygens (including phenoxy) is 2. The summed E-state index contributed by atoms with van der Waals surface area (Å²) in [5.41, 5.74) is 4.02. The lowest BCUT2D eigenvalue weighted by Crippen LogP contribution is -2.26. The summed E-state index contributed by atoms with van der Waals surface area (Å²) in [4.78, 5) is 0. The van der Waals surface area contributed by atoms with Gasteiger partial charge in [-0.1, -0.05) is 36.2 Å². The van der Waals surface area contributed by atoms with Gasteiger partial charge in [0.25, 0.3) is 0 Å². The molecule has 2 nitrogen and oxygen atoms in total. The Balaban J connectivity index is 1.73. The van der Waals surface area contributed by atoms with Crippen molar-refractivity contribution in [3.05, 3.63) is 59.2 Å². The molecule has 0 aromatic heterocycles. The second-order valence-electron chi connectivity index (χ2n) is 6.55. The van der Waals surface area contributed by atoms with Gasteiger partial charge in [-0.15, -0.1) is 0 Å². The zero-order chi connectivity index (χ0) is 15.1. The third-order valence-corrected chi connectivity index (χ3v) is 5.22. The molecular formula is C20H22O2. The first-order valence-corrected chi connectivity index (χ1v) is 8.17. The molecule has 0 radical (unpaired) electrons. The first-order chi connectivity index (χ1) is 10.8. The normalized spacial score (nSPS) is 26.0. The largest absolute Gasteiger partial charge is 0.497 e. The van der Waals surface area contributed by atoms with E-state index in [0.29, 0.717) is 11.8 Å². The predicted molar refractivity (Wildman–Crippen MR) is 87.6 cm³/mol. The lowest BCUT2D eigenvalue weighted by Gasteiger charge is -2.36. The fourth-order valence-corrected chi connectivity index (χ4v) is 4.14. The molecule has 4 rings (SSSR count). The van der Waals surface area contributed by atoms with Crippen LogP contribution in [0.4, 0.5) is 0 Å². The average Bonchev–Trinajstić information content (AvgIpc) is 3.04. The smallest absolute Gasteiger partial charge is 0.127 e. The van der Waals surface area contributed by atoms with Crippen LogP contribution in [0.1, 0.15) is 48.0 Å². The van der Waals surface area contributed by atoms with E-state index in [1.807, 2.05) is 12.1 Å². The molecule has 2 aromatic rings. The summed E-state index contributed by atoms with van der Waals surface area (Å²) < 4.78 is 11.7. The Kier molecular flexibility index (Phi) is 3.33. The van der Waals surface area contributed by atoms with Crippen LogP contribution in [0.3, 0.4) is 0 Å². The molecule has 1 aliphatic carbocycles. The Labute approximate surface area is 132 Å². The summed E-state index contributed by atoms with van der Waals surface area (Å²) in [5, 5.41) is 0. The Hall–Kier alpha value is -1.96. The van der Waals surface area contributed by atoms with Crippen molar-refractivity contribution < 1.29 is 9.47 Å². The zero-order valence-electron chi connectivity index (χ0n) is 13.2. The molecule has 1 aliphatic heterocycles. The Morgan fingerprint density at radius 1 is 1.05 bits per heavy atom. The highest BCUT2D eigenvalue weighted by atomic mass is 16.5. The van der Waals surface area contributed by atoms with Crippen LogP contribution in [-0.4, -0.2) is 7.11 Å². The molecule has 0 bridgehead atoms. The third kappa shape index (κ3) is 2.18. The van der Waals surface area contributed by atoms with Gasteiger partial charge in [0.05, 0.1) is 7.11 Å². The first-order valence-electron chi connectivity index (χ1n) is 8.17. The van der Waals surface area contributed by atoms with Crippen LogP contribution in [0.15, 0.2) is 42.5 Å². The fourth-order valence-electron chi connectivity index (χ4n) is 4.14. The highest BCUT2D eigenvalue weighted by Gasteiger charge is 2.41. The van der Waals surface area contributed by atoms with Gasteiger partial charge in [0.1, 0.15) is 17.6 Å². The maximum Gasteiger partial charge on any atom is 0.127 e. The van der Waals surface area contributed by atoms with E-state index in [1.54, 1.807) is 7.11 Å². The summed E-state index contributed by atoms with van der Waals surface area (Å²) in [7, 11) is 1.71. The Morgan fingerprint density at radius 3 is 2.64 bits per heavy atom. The van der Waals surface area contributed by atoms with E-state index in [0.717, 1.165) is 11.5 Å². The van der Waals surface area contributed by atoms with E-state index in [2.05, 4.69) is 37.3 Å². The minimum absolute atomic E-state index is 0.175. The molecular weight excluding hydrogens is 272 g/mol. The van der Waals surface area contributed by atoms with Crippen LogP contribution in [-0.2, 0) is 0 Å². The molecule has 22 heavy (non-hydrogen) atoms. The summed E-state index contributed by atoms with van der Waals surface area (Å²) in [6, 6.07) is 15.0. The first kappa shape index (κ1) is 13.7. The molecule has 3 atom stereocenters. The van der Waals surface area contributed by atoms with E-state index in [1.165, 1.54) is 36.0 Å². The molecule has 2 heteroatoms. The standard InChI is InChI=1S/C20H22O2/c1-13-6-11-19-18(12-13)16-4-3-5-17(16)20(22-19)14-7-9-15(21-2)10-8-14/h6-12,16-17,20H,3-5H2,1-2H3/t16-,17+,20+/m0/s1. The van der Waals surface area contributed by atoms with Crippen LogP contribution in [0.2, 0.25) is 0 Å². The predicted octanol–water partition coefficient (Wildman–Crippen LogP) is 5.02. The van der Waals surface area contributed by atoms with Crippen molar-refractivity contribution in [3.63, 3.8) is 0 Å². The van der Waals surface area contributed by atoms with Crippen LogP contribution < -0.4 is 9.47 Å². The van der Waals surface area contributed by atoms with E-state index in [9.17, 15) is 0 Å². The molecule has 1 heterocycles. The van der Waals surface area contributed by atoms with Crippen molar-refractivity contribution in [3.8, 4) is 11.5 Å². The topological polar surface area (TPSA) is 18.5 Å². The fraction of sp³-hybridized carbons (Fsp3) is 0.400. The lowest BCUT2D eigenvalue weighted by molar-refractivity contribution is 0.104. The quantitative estimate of drug-likeness (QED) is 0.774. The van der Waals surface area contributed by atoms with Gasteiger partial charge in [-0.2, -0.15) is 0 Å². The average molecular weight is 294 g/mol. The van der Waals surface area contributed by atoms with E-state index < -0.39 is 0 Å². The van der Waals surface area contributed by atoms with E-state index >= 15 is 0 Å². The lowest BCUT2D eigenvalue weighted by atomic mass is 9.79. The van der Waals surface area contributed by atoms with Crippen molar-refractivity contribution in [1.29, 1.82) is 0 Å². The molecule has 0 saturated heterocycles. The number of methoxy groups -OCH3 is 1. The summed E-state index contributed by atoms with van der Waals surface area (Å²) in [5.74, 6) is 3.23. The highest BCUT2D eigenvalue weighted by Crippen LogP contribution is 2.53. The molecule has 2 aliphatic rings. The Morgan fingerprint density at radius 2 is 1.86 bits per heavy atom. The number of rotatable bonds is 2. The second-order valence-corrected chi connectivity index (χ2v) is 6.55. The van der Waals surface area contributed by atoms with Crippen LogP contribution in [0, 0.1) is 12.8 Å². The van der Waals surface area contributed by atoms with Gasteiger partial charge in [-0.05, 0) is 55.0 Å². The number of aryl methyl sites for hydroxylation is 1. The van der Waals surface area contributed by atoms with Crippen molar-refractivity contribution >= 4 is 0 Å². The molecule has 0 N–H and O–H groups in total. The molecule has 1 fully saturated rings. The molecule has 114 valence electrons. The number of benzene rings is 2. The molecule has 0 spiro atoms. The minimum atomic E-state index is 0.175. The van der Waals surface area contributed by atoms with Gasteiger partial charge in [0, 0.05) is 5.92 Å². The van der Waals surface area contributed by atoms with Gasteiger partial charge < -0.3 is 9.47 Å². The summed E-state index contributed by atoms with van der Waals surface area (Å²) in [6.45, 7) is 2.17. The maximum absolute atomic E-state index is 6.42. The van der Waals surface area contributed by atoms with Crippen molar-refractivity contribution in [2.45, 2.75) is 38.2 Å². The highest BCUT2D eigenvalue weighted by molar-refractivity contribution is 5.44. The SMILES string of the molecule is COc1ccc([C@H]2Oc3ccc(C)cc3[C@H]3CCC[C@H]32)cc1. The molecule has 0 amide bonds. The molecule has 2 aromatic carbocycles. The summed E-state index contributed by atoms with van der Waals surface area (Å²) in [6.07, 6.45) is 4.03. The Bertz CT molecular complexity index is 675. The number of hydrogen-bond acceptors (Lipinski definition) is 2. The van der Waals surface area contributed by atoms with E-state index in [-0.39, 0.29) is 6.10 Å². The zero-order valence-corrected chi connectivity index (χ0v) is 13.2. The number of hydrogen-bond donors (Lipinski definition) is 0. The van der Waals surface area contributed by atoms with E-state index in [4.69, 9.17) is 9.47 Å². The van der Waals surface area contributed by atoms with Gasteiger partial charge in [-0.3, -0.25) is 0 Å². The van der Waals surface area contributed by atoms with Crippen LogP contribution >= 0.6 is 0 Å². The molecule has 0 unspecified atom stereocenters. The second kappa shape index (κ2) is 5.35. The minimum Gasteiger partial charge on any atom is -0.497 e. The van der Waals surface area contributed by atoms with Crippen molar-refractivity contribution in [2.24, 2.45) is 5.92 Å². The molecule has 1 saturated carbocycles. The van der Waals surface area contributed by atoms with Crippen molar-refractivity contribution in [1.82, 2.24) is 0 Å². The van der Waals surface area contributed by atoms with Gasteiger partial charge in [0.2, 0.25) is 0 Å². The van der Waals surface area contributed by atoms with Crippen molar-refractivity contribution in [2.75, 3.05) is 7.11 Å². The summed E-state index contributed by atoms with van der Waals surface area (Å²) >= 11 is 0. The number of fused-ring (bicyclic) bond motifs is 3. The third-order valence-electron chi connectivity index (χ3n) is 5.22. The van der Waals surface area contributed by atoms with Gasteiger partial charge in [0.15, 0.2) is 0 Å². The monoisotopic (exact) mass is 294 g/mol. The van der Waals surface area contributed by atoms with Gasteiger partial charge in [-0.25, -0.2) is 0 Å². The van der Waals surface area contributed by atoms with Crippen LogP contribution in [0.5, 0.6) is 11.5 Å².